The molecule has 0 aromatic rings. The maximum Gasteiger partial charge on any atom is -1.00 e. The molecule has 1 heterocycles. The first kappa shape index (κ1) is 25.7. The molecule has 1 atom stereocenters. The van der Waals surface area contributed by atoms with E-state index in [0.717, 1.165) is 0 Å². The molecule has 0 amide bonds. The van der Waals surface area contributed by atoms with E-state index in [0.29, 0.717) is 8.21 Å². The Labute approximate surface area is 192 Å². The van der Waals surface area contributed by atoms with Crippen molar-refractivity contribution in [3.63, 3.8) is 0 Å². The van der Waals surface area contributed by atoms with Crippen molar-refractivity contribution in [3.05, 3.63) is 43.9 Å². The molecule has 27 heavy (non-hydrogen) atoms. The molecule has 0 spiro atoms. The maximum absolute atomic E-state index is 2.79. The zero-order valence-corrected chi connectivity index (χ0v) is 24.3. The first-order valence-corrected chi connectivity index (χ1v) is 16.5. The SMILES string of the molecule is CCCC[Si]1([C]2([Hf+2][C]3=C(C)C(C)=C(C)C3(C)C)C=CC(C)=C2)CCC1.[Cl-].[Cl-]. The van der Waals surface area contributed by atoms with Gasteiger partial charge in [0.15, 0.2) is 0 Å². The van der Waals surface area contributed by atoms with Crippen LogP contribution in [-0.4, -0.2) is 8.07 Å². The predicted octanol–water partition coefficient (Wildman–Crippen LogP) is 1.59. The minimum Gasteiger partial charge on any atom is -1.00 e. The number of halogens is 2. The Bertz CT molecular complexity index is 695. The van der Waals surface area contributed by atoms with Crippen molar-refractivity contribution in [2.45, 2.75) is 88.7 Å². The molecule has 0 nitrogen and oxygen atoms in total. The summed E-state index contributed by atoms with van der Waals surface area (Å²) in [5, 5.41) is 0. The number of rotatable bonds is 6. The van der Waals surface area contributed by atoms with E-state index >= 15 is 0 Å². The minimum atomic E-state index is -1.16. The summed E-state index contributed by atoms with van der Waals surface area (Å²) in [6, 6.07) is 4.79. The molecule has 1 saturated heterocycles. The van der Waals surface area contributed by atoms with Crippen LogP contribution in [0.25, 0.3) is 0 Å². The molecule has 1 fully saturated rings. The molecule has 1 aliphatic heterocycles. The Morgan fingerprint density at radius 2 is 1.67 bits per heavy atom. The summed E-state index contributed by atoms with van der Waals surface area (Å²) in [6.07, 6.45) is 12.4. The topological polar surface area (TPSA) is 0 Å². The predicted molar refractivity (Wildman–Crippen MR) is 110 cm³/mol. The quantitative estimate of drug-likeness (QED) is 0.413. The van der Waals surface area contributed by atoms with Crippen LogP contribution in [0.1, 0.15) is 67.7 Å². The first-order valence-electron chi connectivity index (χ1n) is 10.3. The van der Waals surface area contributed by atoms with Gasteiger partial charge in [-0.15, -0.1) is 0 Å². The summed E-state index contributed by atoms with van der Waals surface area (Å²) in [4.78, 5) is 0. The van der Waals surface area contributed by atoms with E-state index in [-0.39, 0.29) is 24.8 Å². The van der Waals surface area contributed by atoms with Crippen LogP contribution in [0.3, 0.4) is 0 Å². The second kappa shape index (κ2) is 9.19. The van der Waals surface area contributed by atoms with E-state index in [4.69, 9.17) is 0 Å². The molecular formula is C23H36Cl2HfSi. The van der Waals surface area contributed by atoms with Crippen molar-refractivity contribution in [1.82, 2.24) is 0 Å². The third-order valence-corrected chi connectivity index (χ3v) is 27.5. The van der Waals surface area contributed by atoms with E-state index in [1.165, 1.54) is 19.3 Å². The van der Waals surface area contributed by atoms with E-state index in [1.807, 2.05) is 3.33 Å². The number of hydrogen-bond donors (Lipinski definition) is 0. The average Bonchev–Trinajstić information content (AvgIpc) is 2.96. The third kappa shape index (κ3) is 4.12. The smallest absolute Gasteiger partial charge is 1.00 e. The van der Waals surface area contributed by atoms with Crippen LogP contribution in [-0.2, 0) is 22.9 Å². The van der Waals surface area contributed by atoms with Crippen LogP contribution in [0.15, 0.2) is 43.9 Å². The van der Waals surface area contributed by atoms with Crippen molar-refractivity contribution >= 4 is 8.07 Å². The van der Waals surface area contributed by atoms with E-state index < -0.39 is 31.0 Å². The molecule has 0 bridgehead atoms. The fourth-order valence-electron chi connectivity index (χ4n) is 5.30. The summed E-state index contributed by atoms with van der Waals surface area (Å²) in [6.45, 7) is 16.9. The van der Waals surface area contributed by atoms with Gasteiger partial charge >= 0.3 is 169 Å². The van der Waals surface area contributed by atoms with Crippen LogP contribution in [0, 0.1) is 5.41 Å². The van der Waals surface area contributed by atoms with Crippen molar-refractivity contribution in [3.8, 4) is 0 Å². The summed E-state index contributed by atoms with van der Waals surface area (Å²) in [5.41, 5.74) is 6.80. The van der Waals surface area contributed by atoms with E-state index in [9.17, 15) is 0 Å². The zero-order valence-electron chi connectivity index (χ0n) is 18.2. The average molecular weight is 590 g/mol. The second-order valence-corrected chi connectivity index (χ2v) is 21.7. The van der Waals surface area contributed by atoms with Crippen molar-refractivity contribution in [2.24, 2.45) is 5.41 Å². The Balaban J connectivity index is 0.00000182. The molecule has 0 saturated carbocycles. The van der Waals surface area contributed by atoms with Crippen LogP contribution < -0.4 is 24.8 Å². The molecule has 3 rings (SSSR count). The van der Waals surface area contributed by atoms with Crippen molar-refractivity contribution in [2.75, 3.05) is 0 Å². The molecule has 1 unspecified atom stereocenters. The van der Waals surface area contributed by atoms with Gasteiger partial charge in [-0.2, -0.15) is 0 Å². The van der Waals surface area contributed by atoms with Crippen molar-refractivity contribution < 1.29 is 47.7 Å². The van der Waals surface area contributed by atoms with Gasteiger partial charge in [0.2, 0.25) is 0 Å². The summed E-state index contributed by atoms with van der Waals surface area (Å²) in [7, 11) is -1.16. The van der Waals surface area contributed by atoms with Gasteiger partial charge in [0.05, 0.1) is 0 Å². The second-order valence-electron chi connectivity index (χ2n) is 9.33. The Kier molecular flexibility index (Phi) is 8.73. The van der Waals surface area contributed by atoms with Gasteiger partial charge in [0.1, 0.15) is 0 Å². The van der Waals surface area contributed by atoms with Gasteiger partial charge < -0.3 is 24.8 Å². The van der Waals surface area contributed by atoms with Gasteiger partial charge in [-0.1, -0.05) is 0 Å². The number of hydrogen-bond acceptors (Lipinski definition) is 0. The van der Waals surface area contributed by atoms with Gasteiger partial charge in [-0.3, -0.25) is 0 Å². The summed E-state index contributed by atoms with van der Waals surface area (Å²) < 4.78 is 2.51. The van der Waals surface area contributed by atoms with Crippen LogP contribution in [0.4, 0.5) is 0 Å². The Morgan fingerprint density at radius 1 is 1.04 bits per heavy atom. The standard InChI is InChI=1S/C13H21Si.C10H15.2ClH.Hf/c1-3-4-8-14(9-5-10-14)13-7-6-12(2)11-13;1-7-6-10(4,5)9(3)8(7)2;;;/h6-7,11H,3-5,8-10H2,1-2H3;1-5H3;2*1H;/q;;;;+2/p-2. The zero-order chi connectivity index (χ0) is 18.5. The largest absolute Gasteiger partial charge is 1.00 e. The molecule has 150 valence electrons. The molecule has 3 aliphatic rings. The Morgan fingerprint density at radius 3 is 2.04 bits per heavy atom. The summed E-state index contributed by atoms with van der Waals surface area (Å²) in [5.74, 6) is 0. The van der Waals surface area contributed by atoms with Crippen LogP contribution in [0.5, 0.6) is 0 Å². The molecule has 0 aromatic heterocycles. The monoisotopic (exact) mass is 590 g/mol. The van der Waals surface area contributed by atoms with Crippen molar-refractivity contribution in [1.29, 1.82) is 0 Å². The number of unbranched alkanes of at least 4 members (excludes halogenated alkanes) is 1. The number of allylic oxidation sites excluding steroid dienone is 8. The van der Waals surface area contributed by atoms with Gasteiger partial charge in [-0.25, -0.2) is 0 Å². The maximum atomic E-state index is 2.79. The van der Waals surface area contributed by atoms with E-state index in [1.54, 1.807) is 40.4 Å². The van der Waals surface area contributed by atoms with Crippen LogP contribution >= 0.6 is 0 Å². The summed E-state index contributed by atoms with van der Waals surface area (Å²) >= 11 is -0.996. The van der Waals surface area contributed by atoms with Crippen LogP contribution in [0.2, 0.25) is 20.9 Å². The molecule has 0 aromatic carbocycles. The van der Waals surface area contributed by atoms with Gasteiger partial charge in [0.25, 0.3) is 0 Å². The van der Waals surface area contributed by atoms with E-state index in [2.05, 4.69) is 66.7 Å². The molecular weight excluding hydrogens is 554 g/mol. The first-order chi connectivity index (χ1) is 11.7. The normalized spacial score (nSPS) is 27.6. The fourth-order valence-corrected chi connectivity index (χ4v) is 24.7. The molecule has 0 radical (unpaired) electrons. The minimum absolute atomic E-state index is 0. The van der Waals surface area contributed by atoms with Gasteiger partial charge in [-0.05, 0) is 0 Å². The third-order valence-electron chi connectivity index (χ3n) is 7.66. The molecule has 2 aliphatic carbocycles. The fraction of sp³-hybridized carbons (Fsp3) is 0.652. The Hall–Kier alpha value is 0.627. The van der Waals surface area contributed by atoms with Gasteiger partial charge in [0, 0.05) is 0 Å². The molecule has 4 heteroatoms. The molecule has 0 N–H and O–H groups in total.